The van der Waals surface area contributed by atoms with Crippen molar-refractivity contribution in [3.63, 3.8) is 0 Å². The summed E-state index contributed by atoms with van der Waals surface area (Å²) in [5.74, 6) is 0.495. The van der Waals surface area contributed by atoms with Gasteiger partial charge in [-0.3, -0.25) is 0 Å². The van der Waals surface area contributed by atoms with Crippen LogP contribution in [-0.2, 0) is 11.3 Å². The summed E-state index contributed by atoms with van der Waals surface area (Å²) in [4.78, 5) is 0.0855. The molecule has 17 heavy (non-hydrogen) atoms. The van der Waals surface area contributed by atoms with Crippen LogP contribution in [0, 0.1) is 11.7 Å². The highest BCUT2D eigenvalue weighted by Gasteiger charge is 2.20. The van der Waals surface area contributed by atoms with Gasteiger partial charge >= 0.3 is 0 Å². The van der Waals surface area contributed by atoms with Crippen molar-refractivity contribution in [1.29, 1.82) is 0 Å². The smallest absolute Gasteiger partial charge is 0.133 e. The summed E-state index contributed by atoms with van der Waals surface area (Å²) in [6.07, 6.45) is 3.81. The van der Waals surface area contributed by atoms with E-state index in [4.69, 9.17) is 22.7 Å². The number of thiocarbonyl (C=S) groups is 1. The lowest BCUT2D eigenvalue weighted by molar-refractivity contribution is 0.115. The number of ether oxygens (including phenoxy) is 1. The van der Waals surface area contributed by atoms with Crippen molar-refractivity contribution in [2.75, 3.05) is 6.61 Å². The lowest BCUT2D eigenvalue weighted by Crippen LogP contribution is -2.12. The quantitative estimate of drug-likeness (QED) is 0.625. The molecule has 1 fully saturated rings. The van der Waals surface area contributed by atoms with E-state index in [1.54, 1.807) is 12.1 Å². The van der Waals surface area contributed by atoms with Crippen molar-refractivity contribution in [3.8, 4) is 0 Å². The molecule has 92 valence electrons. The predicted octanol–water partition coefficient (Wildman–Crippen LogP) is 2.78. The van der Waals surface area contributed by atoms with E-state index >= 15 is 0 Å². The van der Waals surface area contributed by atoms with Gasteiger partial charge in [-0.1, -0.05) is 31.1 Å². The topological polar surface area (TPSA) is 35.2 Å². The van der Waals surface area contributed by atoms with Crippen LogP contribution in [0.1, 0.15) is 30.4 Å². The number of hydrogen-bond acceptors (Lipinski definition) is 2. The Morgan fingerprint density at radius 3 is 2.88 bits per heavy atom. The molecule has 0 heterocycles. The van der Waals surface area contributed by atoms with Gasteiger partial charge in [0.1, 0.15) is 10.8 Å². The Balaban J connectivity index is 1.86. The van der Waals surface area contributed by atoms with Gasteiger partial charge in [-0.15, -0.1) is 0 Å². The van der Waals surface area contributed by atoms with Gasteiger partial charge in [-0.2, -0.15) is 0 Å². The van der Waals surface area contributed by atoms with Crippen LogP contribution >= 0.6 is 12.2 Å². The maximum Gasteiger partial charge on any atom is 0.133 e. The van der Waals surface area contributed by atoms with Gasteiger partial charge in [0.05, 0.1) is 6.61 Å². The van der Waals surface area contributed by atoms with Crippen LogP contribution in [0.3, 0.4) is 0 Å². The minimum absolute atomic E-state index is 0.0855. The minimum atomic E-state index is -0.376. The predicted molar refractivity (Wildman–Crippen MR) is 69.3 cm³/mol. The van der Waals surface area contributed by atoms with Crippen LogP contribution in [0.5, 0.6) is 0 Å². The summed E-state index contributed by atoms with van der Waals surface area (Å²) in [5.41, 5.74) is 6.64. The monoisotopic (exact) mass is 253 g/mol. The number of halogens is 1. The second kappa shape index (κ2) is 5.56. The largest absolute Gasteiger partial charge is 0.389 e. The molecule has 0 bridgehead atoms. The van der Waals surface area contributed by atoms with Gasteiger partial charge in [0.25, 0.3) is 0 Å². The molecule has 2 nitrogen and oxygen atoms in total. The van der Waals surface area contributed by atoms with E-state index in [1.165, 1.54) is 18.9 Å². The highest BCUT2D eigenvalue weighted by Crippen LogP contribution is 2.32. The van der Waals surface area contributed by atoms with Crippen LogP contribution in [0.25, 0.3) is 0 Å². The van der Waals surface area contributed by atoms with Crippen LogP contribution in [0.4, 0.5) is 4.39 Å². The zero-order valence-electron chi connectivity index (χ0n) is 9.62. The number of rotatable bonds is 6. The van der Waals surface area contributed by atoms with Crippen molar-refractivity contribution >= 4 is 17.2 Å². The Hall–Kier alpha value is -1.00. The van der Waals surface area contributed by atoms with Crippen LogP contribution in [0.15, 0.2) is 18.2 Å². The molecule has 1 aliphatic rings. The Kier molecular flexibility index (Phi) is 4.07. The molecule has 1 aromatic rings. The molecule has 0 unspecified atom stereocenters. The summed E-state index contributed by atoms with van der Waals surface area (Å²) in [5, 5.41) is 0. The Morgan fingerprint density at radius 1 is 1.47 bits per heavy atom. The SMILES string of the molecule is NC(=S)c1cc(COCCC2CC2)ccc1F. The molecule has 0 aliphatic heterocycles. The first-order valence-electron chi connectivity index (χ1n) is 5.83. The van der Waals surface area contributed by atoms with Crippen LogP contribution < -0.4 is 5.73 Å². The fourth-order valence-corrected chi connectivity index (χ4v) is 1.85. The summed E-state index contributed by atoms with van der Waals surface area (Å²) in [6.45, 7) is 1.26. The van der Waals surface area contributed by atoms with E-state index in [0.29, 0.717) is 12.2 Å². The zero-order valence-corrected chi connectivity index (χ0v) is 10.4. The third-order valence-electron chi connectivity index (χ3n) is 2.93. The summed E-state index contributed by atoms with van der Waals surface area (Å²) < 4.78 is 18.9. The maximum atomic E-state index is 13.3. The van der Waals surface area contributed by atoms with Gasteiger partial charge in [0, 0.05) is 12.2 Å². The van der Waals surface area contributed by atoms with Gasteiger partial charge in [0.2, 0.25) is 0 Å². The maximum absolute atomic E-state index is 13.3. The van der Waals surface area contributed by atoms with Gasteiger partial charge in [-0.25, -0.2) is 4.39 Å². The molecular formula is C13H16FNOS. The lowest BCUT2D eigenvalue weighted by atomic mass is 10.1. The zero-order chi connectivity index (χ0) is 12.3. The van der Waals surface area contributed by atoms with Crippen molar-refractivity contribution in [1.82, 2.24) is 0 Å². The molecule has 1 saturated carbocycles. The van der Waals surface area contributed by atoms with E-state index in [1.807, 2.05) is 0 Å². The molecule has 0 amide bonds. The standard InChI is InChI=1S/C13H16FNOS/c14-12-4-3-10(7-11(12)13(15)17)8-16-6-5-9-1-2-9/h3-4,7,9H,1-2,5-6,8H2,(H2,15,17). The third kappa shape index (κ3) is 3.75. The van der Waals surface area contributed by atoms with E-state index in [2.05, 4.69) is 0 Å². The van der Waals surface area contributed by atoms with Crippen molar-refractivity contribution in [3.05, 3.63) is 35.1 Å². The third-order valence-corrected chi connectivity index (χ3v) is 3.15. The average molecular weight is 253 g/mol. The average Bonchev–Trinajstić information content (AvgIpc) is 3.10. The molecule has 2 rings (SSSR count). The molecule has 1 aromatic carbocycles. The van der Waals surface area contributed by atoms with Crippen LogP contribution in [-0.4, -0.2) is 11.6 Å². The Morgan fingerprint density at radius 2 is 2.24 bits per heavy atom. The Labute approximate surface area is 106 Å². The molecular weight excluding hydrogens is 237 g/mol. The summed E-state index contributed by atoms with van der Waals surface area (Å²) in [6, 6.07) is 4.75. The van der Waals surface area contributed by atoms with E-state index in [9.17, 15) is 4.39 Å². The summed E-state index contributed by atoms with van der Waals surface area (Å²) in [7, 11) is 0. The Bertz CT molecular complexity index is 418. The first-order chi connectivity index (χ1) is 8.16. The number of benzene rings is 1. The molecule has 0 radical (unpaired) electrons. The number of hydrogen-bond donors (Lipinski definition) is 1. The molecule has 0 spiro atoms. The second-order valence-electron chi connectivity index (χ2n) is 4.46. The van der Waals surface area contributed by atoms with Crippen LogP contribution in [0.2, 0.25) is 0 Å². The molecule has 1 aliphatic carbocycles. The van der Waals surface area contributed by atoms with E-state index in [-0.39, 0.29) is 10.8 Å². The molecule has 0 saturated heterocycles. The highest BCUT2D eigenvalue weighted by atomic mass is 32.1. The van der Waals surface area contributed by atoms with E-state index < -0.39 is 0 Å². The fraction of sp³-hybridized carbons (Fsp3) is 0.462. The molecule has 4 heteroatoms. The molecule has 0 atom stereocenters. The van der Waals surface area contributed by atoms with Gasteiger partial charge < -0.3 is 10.5 Å². The van der Waals surface area contributed by atoms with Crippen molar-refractivity contribution in [2.24, 2.45) is 11.7 Å². The molecule has 2 N–H and O–H groups in total. The van der Waals surface area contributed by atoms with Crippen molar-refractivity contribution in [2.45, 2.75) is 25.9 Å². The summed E-state index contributed by atoms with van der Waals surface area (Å²) >= 11 is 4.78. The van der Waals surface area contributed by atoms with E-state index in [0.717, 1.165) is 24.5 Å². The van der Waals surface area contributed by atoms with Gasteiger partial charge in [-0.05, 0) is 30.0 Å². The van der Waals surface area contributed by atoms with Gasteiger partial charge in [0.15, 0.2) is 0 Å². The normalized spacial score (nSPS) is 14.9. The van der Waals surface area contributed by atoms with Crippen molar-refractivity contribution < 1.29 is 9.13 Å². The lowest BCUT2D eigenvalue weighted by Gasteiger charge is -2.06. The minimum Gasteiger partial charge on any atom is -0.389 e. The second-order valence-corrected chi connectivity index (χ2v) is 4.90. The number of nitrogens with two attached hydrogens (primary N) is 1. The fourth-order valence-electron chi connectivity index (χ4n) is 1.70. The first-order valence-corrected chi connectivity index (χ1v) is 6.23. The first kappa shape index (κ1) is 12.5. The molecule has 0 aromatic heterocycles. The highest BCUT2D eigenvalue weighted by molar-refractivity contribution is 7.80.